The largest absolute Gasteiger partial charge is 0.299 e. The van der Waals surface area contributed by atoms with Crippen molar-refractivity contribution in [3.8, 4) is 0 Å². The first-order chi connectivity index (χ1) is 11.6. The van der Waals surface area contributed by atoms with Crippen LogP contribution in [0.3, 0.4) is 0 Å². The van der Waals surface area contributed by atoms with E-state index in [4.69, 9.17) is 0 Å². The van der Waals surface area contributed by atoms with Crippen LogP contribution in [-0.4, -0.2) is 11.6 Å². The van der Waals surface area contributed by atoms with Gasteiger partial charge < -0.3 is 0 Å². The molecule has 5 rings (SSSR count). The van der Waals surface area contributed by atoms with E-state index >= 15 is 0 Å². The highest BCUT2D eigenvalue weighted by molar-refractivity contribution is 6.00. The van der Waals surface area contributed by atoms with Crippen molar-refractivity contribution in [2.45, 2.75) is 64.7 Å². The molecule has 2 heteroatoms. The van der Waals surface area contributed by atoms with Gasteiger partial charge in [0.05, 0.1) is 0 Å². The molecule has 0 spiro atoms. The minimum Gasteiger partial charge on any atom is -0.299 e. The molecule has 0 aromatic heterocycles. The third kappa shape index (κ3) is 2.01. The summed E-state index contributed by atoms with van der Waals surface area (Å²) in [5.74, 6) is 2.42. The Labute approximate surface area is 144 Å². The highest BCUT2D eigenvalue weighted by atomic mass is 16.1. The van der Waals surface area contributed by atoms with Gasteiger partial charge in [-0.3, -0.25) is 9.59 Å². The van der Waals surface area contributed by atoms with E-state index in [1.54, 1.807) is 5.57 Å². The van der Waals surface area contributed by atoms with Crippen LogP contribution in [-0.2, 0) is 9.59 Å². The summed E-state index contributed by atoms with van der Waals surface area (Å²) in [6, 6.07) is 0. The second-order valence-electron chi connectivity index (χ2n) is 8.82. The van der Waals surface area contributed by atoms with Crippen molar-refractivity contribution < 1.29 is 9.59 Å². The van der Waals surface area contributed by atoms with Crippen LogP contribution in [0, 0.1) is 23.2 Å². The molecule has 1 fully saturated rings. The van der Waals surface area contributed by atoms with Crippen molar-refractivity contribution in [1.29, 1.82) is 0 Å². The van der Waals surface area contributed by atoms with E-state index in [2.05, 4.69) is 19.1 Å². The quantitative estimate of drug-likeness (QED) is 0.738. The molecule has 0 heterocycles. The molecule has 0 unspecified atom stereocenters. The maximum absolute atomic E-state index is 12.8. The molecule has 0 aromatic rings. The van der Waals surface area contributed by atoms with Gasteiger partial charge in [-0.05, 0) is 73.5 Å². The average Bonchev–Trinajstić information content (AvgIpc) is 3.35. The first-order valence-electron chi connectivity index (χ1n) is 9.76. The zero-order valence-corrected chi connectivity index (χ0v) is 14.6. The van der Waals surface area contributed by atoms with Gasteiger partial charge in [-0.25, -0.2) is 0 Å². The fraction of sp³-hybridized carbons (Fsp3) is 0.636. The fourth-order valence-electron chi connectivity index (χ4n) is 5.94. The van der Waals surface area contributed by atoms with Crippen LogP contribution in [0.4, 0.5) is 0 Å². The summed E-state index contributed by atoms with van der Waals surface area (Å²) >= 11 is 0. The maximum atomic E-state index is 12.8. The predicted octanol–water partition coefficient (Wildman–Crippen LogP) is 4.71. The van der Waals surface area contributed by atoms with Crippen LogP contribution in [0.25, 0.3) is 0 Å². The van der Waals surface area contributed by atoms with E-state index in [0.29, 0.717) is 35.7 Å². The zero-order chi connectivity index (χ0) is 16.5. The Hall–Kier alpha value is -1.44. The van der Waals surface area contributed by atoms with E-state index in [-0.39, 0.29) is 5.41 Å². The Morgan fingerprint density at radius 3 is 2.75 bits per heavy atom. The lowest BCUT2D eigenvalue weighted by molar-refractivity contribution is -0.119. The Balaban J connectivity index is 1.49. The van der Waals surface area contributed by atoms with Crippen molar-refractivity contribution in [1.82, 2.24) is 0 Å². The van der Waals surface area contributed by atoms with Crippen LogP contribution >= 0.6 is 0 Å². The van der Waals surface area contributed by atoms with Gasteiger partial charge in [-0.2, -0.15) is 0 Å². The molecule has 1 saturated carbocycles. The summed E-state index contributed by atoms with van der Waals surface area (Å²) in [6.07, 6.45) is 13.7. The first-order valence-corrected chi connectivity index (χ1v) is 9.76. The lowest BCUT2D eigenvalue weighted by atomic mass is 9.57. The number of allylic oxidation sites excluding steroid dienone is 6. The van der Waals surface area contributed by atoms with Crippen LogP contribution in [0.2, 0.25) is 0 Å². The summed E-state index contributed by atoms with van der Waals surface area (Å²) in [6.45, 7) is 2.35. The number of carbonyl (C=O) groups excluding carboxylic acids is 2. The molecule has 0 radical (unpaired) electrons. The van der Waals surface area contributed by atoms with Gasteiger partial charge in [0.15, 0.2) is 5.78 Å². The van der Waals surface area contributed by atoms with Crippen LogP contribution in [0.5, 0.6) is 0 Å². The van der Waals surface area contributed by atoms with Gasteiger partial charge in [0.1, 0.15) is 5.78 Å². The number of Topliss-reactive ketones (excluding diaryl/α,β-unsaturated/α-hetero) is 2. The molecule has 24 heavy (non-hydrogen) atoms. The second-order valence-corrected chi connectivity index (χ2v) is 8.82. The maximum Gasteiger partial charge on any atom is 0.162 e. The number of hydrogen-bond acceptors (Lipinski definition) is 2. The number of rotatable bonds is 2. The molecule has 0 saturated heterocycles. The topological polar surface area (TPSA) is 34.1 Å². The summed E-state index contributed by atoms with van der Waals surface area (Å²) < 4.78 is 0. The Morgan fingerprint density at radius 1 is 1.12 bits per heavy atom. The SMILES string of the molecule is C[C@]12CC=C3C4=C(CC[C@H]3[C@@H]1CC=C2C(=O)C1CC1)CC(=O)CC4. The molecule has 5 aliphatic carbocycles. The van der Waals surface area contributed by atoms with Crippen molar-refractivity contribution in [3.63, 3.8) is 0 Å². The van der Waals surface area contributed by atoms with Gasteiger partial charge in [0, 0.05) is 24.2 Å². The van der Waals surface area contributed by atoms with Crippen LogP contribution in [0.15, 0.2) is 34.4 Å². The van der Waals surface area contributed by atoms with E-state index in [0.717, 1.165) is 50.5 Å². The van der Waals surface area contributed by atoms with Crippen molar-refractivity contribution >= 4 is 11.6 Å². The Morgan fingerprint density at radius 2 is 1.96 bits per heavy atom. The minimum atomic E-state index is 0.0659. The minimum absolute atomic E-state index is 0.0659. The molecule has 0 aliphatic heterocycles. The molecule has 5 aliphatic rings. The summed E-state index contributed by atoms with van der Waals surface area (Å²) in [4.78, 5) is 24.6. The molecule has 0 N–H and O–H groups in total. The van der Waals surface area contributed by atoms with Gasteiger partial charge in [-0.15, -0.1) is 0 Å². The fourth-order valence-corrected chi connectivity index (χ4v) is 5.94. The number of hydrogen-bond donors (Lipinski definition) is 0. The molecular formula is C22H26O2. The molecule has 0 amide bonds. The van der Waals surface area contributed by atoms with Crippen molar-refractivity contribution in [2.24, 2.45) is 23.2 Å². The predicted molar refractivity (Wildman–Crippen MR) is 93.3 cm³/mol. The molecule has 0 bridgehead atoms. The third-order valence-electron chi connectivity index (χ3n) is 7.45. The first kappa shape index (κ1) is 14.9. The second kappa shape index (κ2) is 5.03. The van der Waals surface area contributed by atoms with Crippen molar-refractivity contribution in [3.05, 3.63) is 34.4 Å². The lowest BCUT2D eigenvalue weighted by Gasteiger charge is -2.47. The van der Waals surface area contributed by atoms with Gasteiger partial charge in [0.25, 0.3) is 0 Å². The number of carbonyl (C=O) groups is 2. The molecular weight excluding hydrogens is 296 g/mol. The van der Waals surface area contributed by atoms with Crippen LogP contribution in [0.1, 0.15) is 64.7 Å². The smallest absolute Gasteiger partial charge is 0.162 e. The molecule has 0 aromatic carbocycles. The average molecular weight is 322 g/mol. The normalized spacial score (nSPS) is 38.1. The van der Waals surface area contributed by atoms with E-state index < -0.39 is 0 Å². The number of ketones is 2. The van der Waals surface area contributed by atoms with Gasteiger partial charge in [-0.1, -0.05) is 24.6 Å². The zero-order valence-electron chi connectivity index (χ0n) is 14.6. The Bertz CT molecular complexity index is 731. The summed E-state index contributed by atoms with van der Waals surface area (Å²) in [7, 11) is 0. The highest BCUT2D eigenvalue weighted by Crippen LogP contribution is 2.60. The highest BCUT2D eigenvalue weighted by Gasteiger charge is 2.52. The van der Waals surface area contributed by atoms with E-state index in [1.807, 2.05) is 0 Å². The van der Waals surface area contributed by atoms with E-state index in [1.165, 1.54) is 17.6 Å². The molecule has 126 valence electrons. The lowest BCUT2D eigenvalue weighted by Crippen LogP contribution is -2.39. The molecule has 3 atom stereocenters. The Kier molecular flexibility index (Phi) is 3.12. The van der Waals surface area contributed by atoms with Crippen molar-refractivity contribution in [2.75, 3.05) is 0 Å². The van der Waals surface area contributed by atoms with Crippen LogP contribution < -0.4 is 0 Å². The van der Waals surface area contributed by atoms with E-state index in [9.17, 15) is 9.59 Å². The standard InChI is InChI=1S/C22H26O2/c1-22-11-10-17-16-7-5-15(23)12-14(16)4-6-18(17)19(22)8-9-20(22)21(24)13-2-3-13/h9-10,13,18-19H,2-8,11-12H2,1H3/t18-,19+,22+/m1/s1. The summed E-state index contributed by atoms with van der Waals surface area (Å²) in [5, 5.41) is 0. The third-order valence-corrected chi connectivity index (χ3v) is 7.45. The van der Waals surface area contributed by atoms with Gasteiger partial charge in [0.2, 0.25) is 0 Å². The number of fused-ring (bicyclic) bond motifs is 4. The summed E-state index contributed by atoms with van der Waals surface area (Å²) in [5.41, 5.74) is 5.73. The molecule has 2 nitrogen and oxygen atoms in total. The van der Waals surface area contributed by atoms with Gasteiger partial charge >= 0.3 is 0 Å². The monoisotopic (exact) mass is 322 g/mol.